The average Bonchev–Trinajstić information content (AvgIpc) is 3.60. The third kappa shape index (κ3) is 5.44. The first-order valence-corrected chi connectivity index (χ1v) is 14.8. The number of Topliss-reactive ketones (excluding diaryl/α,β-unsaturated/α-hetero) is 1. The van der Waals surface area contributed by atoms with Crippen LogP contribution >= 0.6 is 0 Å². The molecule has 0 saturated carbocycles. The van der Waals surface area contributed by atoms with E-state index in [1.165, 1.54) is 35.4 Å². The number of rotatable bonds is 8. The summed E-state index contributed by atoms with van der Waals surface area (Å²) in [4.78, 5) is 65.0. The molecule has 0 spiro atoms. The van der Waals surface area contributed by atoms with Gasteiger partial charge in [0.25, 0.3) is 11.8 Å². The molecule has 46 heavy (non-hydrogen) atoms. The highest BCUT2D eigenvalue weighted by molar-refractivity contribution is 6.22. The van der Waals surface area contributed by atoms with E-state index in [0.717, 1.165) is 33.2 Å². The zero-order valence-electron chi connectivity index (χ0n) is 24.5. The van der Waals surface area contributed by atoms with E-state index >= 15 is 0 Å². The SMILES string of the molecule is O=C(COC(=O)c1ccc(N2C(=O)CC(NNC(=O)c3ccc4ccccc4c3)C2=O)cc1)c1ccc2c(c1)Cc1ccccc1-2. The van der Waals surface area contributed by atoms with E-state index in [0.29, 0.717) is 11.1 Å². The van der Waals surface area contributed by atoms with Crippen molar-refractivity contribution in [1.29, 1.82) is 0 Å². The molecule has 9 nitrogen and oxygen atoms in total. The van der Waals surface area contributed by atoms with Crippen LogP contribution in [0.25, 0.3) is 21.9 Å². The zero-order chi connectivity index (χ0) is 31.8. The number of nitrogens with zero attached hydrogens (tertiary/aromatic N) is 1. The fraction of sp³-hybridized carbons (Fsp3) is 0.108. The largest absolute Gasteiger partial charge is 0.454 e. The van der Waals surface area contributed by atoms with Gasteiger partial charge in [-0.3, -0.25) is 24.6 Å². The van der Waals surface area contributed by atoms with Crippen molar-refractivity contribution in [2.24, 2.45) is 0 Å². The summed E-state index contributed by atoms with van der Waals surface area (Å²) in [7, 11) is 0. The summed E-state index contributed by atoms with van der Waals surface area (Å²) in [5.41, 5.74) is 11.1. The Morgan fingerprint density at radius 1 is 0.717 bits per heavy atom. The third-order valence-electron chi connectivity index (χ3n) is 8.33. The normalized spacial score (nSPS) is 15.0. The van der Waals surface area contributed by atoms with E-state index in [-0.39, 0.29) is 23.5 Å². The minimum Gasteiger partial charge on any atom is -0.454 e. The molecule has 226 valence electrons. The number of carbonyl (C=O) groups is 5. The molecule has 0 radical (unpaired) electrons. The van der Waals surface area contributed by atoms with Gasteiger partial charge in [-0.25, -0.2) is 15.1 Å². The Hall–Kier alpha value is -5.93. The molecule has 2 N–H and O–H groups in total. The second kappa shape index (κ2) is 11.9. The fourth-order valence-corrected chi connectivity index (χ4v) is 5.93. The standard InChI is InChI=1S/C37H27N3O6/c41-33(26-13-16-31-28(19-26)18-25-7-3-4-8-30(25)31)21-46-37(45)23-11-14-29(15-12-23)40-34(42)20-32(36(40)44)38-39-35(43)27-10-9-22-5-1-2-6-24(22)17-27/h1-17,19,32,38H,18,20-21H2,(H,39,43). The van der Waals surface area contributed by atoms with Crippen LogP contribution in [0.3, 0.4) is 0 Å². The Kier molecular flexibility index (Phi) is 7.44. The van der Waals surface area contributed by atoms with E-state index in [1.54, 1.807) is 18.2 Å². The molecular weight excluding hydrogens is 582 g/mol. The summed E-state index contributed by atoms with van der Waals surface area (Å²) >= 11 is 0. The summed E-state index contributed by atoms with van der Waals surface area (Å²) in [5, 5.41) is 1.90. The number of anilines is 1. The second-order valence-corrected chi connectivity index (χ2v) is 11.2. The van der Waals surface area contributed by atoms with E-state index in [1.807, 2.05) is 54.6 Å². The number of fused-ring (bicyclic) bond motifs is 4. The van der Waals surface area contributed by atoms with Crippen LogP contribution in [0.4, 0.5) is 5.69 Å². The molecule has 9 heteroatoms. The lowest BCUT2D eigenvalue weighted by atomic mass is 10.0. The van der Waals surface area contributed by atoms with E-state index in [2.05, 4.69) is 23.0 Å². The number of ketones is 1. The molecule has 5 aromatic carbocycles. The van der Waals surface area contributed by atoms with Gasteiger partial charge >= 0.3 is 5.97 Å². The third-order valence-corrected chi connectivity index (χ3v) is 8.33. The van der Waals surface area contributed by atoms with Crippen LogP contribution < -0.4 is 15.8 Å². The van der Waals surface area contributed by atoms with Gasteiger partial charge in [-0.05, 0) is 81.9 Å². The van der Waals surface area contributed by atoms with Gasteiger partial charge < -0.3 is 4.74 Å². The summed E-state index contributed by atoms with van der Waals surface area (Å²) in [6.45, 7) is -0.423. The number of carbonyl (C=O) groups excluding carboxylic acids is 5. The molecule has 1 saturated heterocycles. The van der Waals surface area contributed by atoms with Gasteiger partial charge in [0.1, 0.15) is 6.04 Å². The number of hydrogen-bond acceptors (Lipinski definition) is 7. The minimum atomic E-state index is -0.957. The molecule has 1 fully saturated rings. The van der Waals surface area contributed by atoms with Crippen molar-refractivity contribution in [3.63, 3.8) is 0 Å². The second-order valence-electron chi connectivity index (χ2n) is 11.2. The van der Waals surface area contributed by atoms with Crippen molar-refractivity contribution in [2.75, 3.05) is 11.5 Å². The quantitative estimate of drug-likeness (QED) is 0.108. The highest BCUT2D eigenvalue weighted by atomic mass is 16.5. The van der Waals surface area contributed by atoms with Gasteiger partial charge in [-0.15, -0.1) is 0 Å². The number of nitrogens with one attached hydrogen (secondary N) is 2. The Balaban J connectivity index is 0.936. The first-order chi connectivity index (χ1) is 22.4. The van der Waals surface area contributed by atoms with Crippen LogP contribution in [0.5, 0.6) is 0 Å². The van der Waals surface area contributed by atoms with Crippen LogP contribution in [0.15, 0.2) is 109 Å². The van der Waals surface area contributed by atoms with Crippen molar-refractivity contribution >= 4 is 45.9 Å². The van der Waals surface area contributed by atoms with Crippen molar-refractivity contribution in [1.82, 2.24) is 10.9 Å². The molecule has 2 aliphatic rings. The first-order valence-electron chi connectivity index (χ1n) is 14.8. The molecule has 1 aliphatic heterocycles. The first kappa shape index (κ1) is 28.8. The molecule has 5 aromatic rings. The highest BCUT2D eigenvalue weighted by Crippen LogP contribution is 2.36. The maximum atomic E-state index is 13.1. The van der Waals surface area contributed by atoms with Crippen LogP contribution in [0, 0.1) is 0 Å². The molecule has 7 rings (SSSR count). The summed E-state index contributed by atoms with van der Waals surface area (Å²) < 4.78 is 5.28. The monoisotopic (exact) mass is 609 g/mol. The number of amides is 3. The minimum absolute atomic E-state index is 0.155. The molecule has 0 aromatic heterocycles. The summed E-state index contributed by atoms with van der Waals surface area (Å²) in [6, 6.07) is 31.4. The van der Waals surface area contributed by atoms with Gasteiger partial charge in [0.15, 0.2) is 12.4 Å². The van der Waals surface area contributed by atoms with Crippen molar-refractivity contribution < 1.29 is 28.7 Å². The number of benzene rings is 5. The maximum absolute atomic E-state index is 13.1. The summed E-state index contributed by atoms with van der Waals surface area (Å²) in [5.74, 6) is -2.46. The Labute approximate surface area is 263 Å². The Morgan fingerprint density at radius 3 is 2.24 bits per heavy atom. The van der Waals surface area contributed by atoms with Crippen molar-refractivity contribution in [3.05, 3.63) is 137 Å². The molecule has 1 unspecified atom stereocenters. The van der Waals surface area contributed by atoms with E-state index < -0.39 is 36.3 Å². The number of hydrazine groups is 1. The van der Waals surface area contributed by atoms with Gasteiger partial charge in [-0.2, -0.15) is 0 Å². The molecular formula is C37H27N3O6. The van der Waals surface area contributed by atoms with E-state index in [4.69, 9.17) is 4.74 Å². The smallest absolute Gasteiger partial charge is 0.338 e. The number of hydrogen-bond donors (Lipinski definition) is 2. The number of esters is 1. The van der Waals surface area contributed by atoms with Gasteiger partial charge in [0, 0.05) is 11.1 Å². The topological polar surface area (TPSA) is 122 Å². The van der Waals surface area contributed by atoms with Gasteiger partial charge in [0.05, 0.1) is 17.7 Å². The van der Waals surface area contributed by atoms with E-state index in [9.17, 15) is 24.0 Å². The zero-order valence-corrected chi connectivity index (χ0v) is 24.5. The maximum Gasteiger partial charge on any atom is 0.338 e. The lowest BCUT2D eigenvalue weighted by Crippen LogP contribution is -2.48. The highest BCUT2D eigenvalue weighted by Gasteiger charge is 2.39. The fourth-order valence-electron chi connectivity index (χ4n) is 5.93. The molecule has 0 bridgehead atoms. The van der Waals surface area contributed by atoms with Crippen LogP contribution in [-0.2, 0) is 20.7 Å². The van der Waals surface area contributed by atoms with Crippen LogP contribution in [0.1, 0.15) is 48.6 Å². The molecule has 1 atom stereocenters. The predicted octanol–water partition coefficient (Wildman–Crippen LogP) is 5.02. The van der Waals surface area contributed by atoms with Gasteiger partial charge in [-0.1, -0.05) is 66.7 Å². The predicted molar refractivity (Wildman–Crippen MR) is 171 cm³/mol. The Bertz CT molecular complexity index is 2070. The number of ether oxygens (including phenoxy) is 1. The summed E-state index contributed by atoms with van der Waals surface area (Å²) in [6.07, 6.45) is 0.592. The van der Waals surface area contributed by atoms with Crippen molar-refractivity contribution in [3.8, 4) is 11.1 Å². The van der Waals surface area contributed by atoms with Crippen molar-refractivity contribution in [2.45, 2.75) is 18.9 Å². The van der Waals surface area contributed by atoms with Crippen LogP contribution in [-0.4, -0.2) is 42.1 Å². The molecule has 3 amide bonds. The average molecular weight is 610 g/mol. The molecule has 1 heterocycles. The lowest BCUT2D eigenvalue weighted by Gasteiger charge is -2.16. The lowest BCUT2D eigenvalue weighted by molar-refractivity contribution is -0.121. The number of imide groups is 1. The Morgan fingerprint density at radius 2 is 1.41 bits per heavy atom. The van der Waals surface area contributed by atoms with Gasteiger partial charge in [0.2, 0.25) is 5.91 Å². The van der Waals surface area contributed by atoms with Crippen LogP contribution in [0.2, 0.25) is 0 Å². The molecule has 1 aliphatic carbocycles.